The first-order valence-corrected chi connectivity index (χ1v) is 10.1. The number of nitrogens with zero attached hydrogens (tertiary/aromatic N) is 3. The van der Waals surface area contributed by atoms with E-state index in [-0.39, 0.29) is 12.7 Å². The Morgan fingerprint density at radius 1 is 1.23 bits per heavy atom. The van der Waals surface area contributed by atoms with Crippen molar-refractivity contribution < 1.29 is 14.6 Å². The zero-order valence-corrected chi connectivity index (χ0v) is 17.3. The van der Waals surface area contributed by atoms with Crippen molar-refractivity contribution in [1.82, 2.24) is 20.3 Å². The van der Waals surface area contributed by atoms with Crippen LogP contribution in [-0.4, -0.2) is 64.6 Å². The summed E-state index contributed by atoms with van der Waals surface area (Å²) in [6, 6.07) is 9.57. The lowest BCUT2D eigenvalue weighted by atomic mass is 10.1. The summed E-state index contributed by atoms with van der Waals surface area (Å²) in [5.74, 6) is 1.38. The van der Waals surface area contributed by atoms with Crippen LogP contribution in [0.3, 0.4) is 0 Å². The Hall–Kier alpha value is -2.81. The maximum Gasteiger partial charge on any atom is 0.154 e. The van der Waals surface area contributed by atoms with Crippen molar-refractivity contribution in [2.75, 3.05) is 38.2 Å². The van der Waals surface area contributed by atoms with Gasteiger partial charge in [0.15, 0.2) is 5.82 Å². The van der Waals surface area contributed by atoms with Gasteiger partial charge in [0, 0.05) is 37.6 Å². The molecule has 3 heterocycles. The molecule has 1 atom stereocenters. The summed E-state index contributed by atoms with van der Waals surface area (Å²) in [5.41, 5.74) is 2.36. The number of pyridine rings is 1. The van der Waals surface area contributed by atoms with E-state index in [1.54, 1.807) is 26.2 Å². The molecule has 0 amide bonds. The van der Waals surface area contributed by atoms with Crippen molar-refractivity contribution in [2.45, 2.75) is 25.6 Å². The Morgan fingerprint density at radius 2 is 2.03 bits per heavy atom. The van der Waals surface area contributed by atoms with Gasteiger partial charge in [0.1, 0.15) is 17.9 Å². The number of morpholine rings is 1. The topological polar surface area (TPSA) is 101 Å². The van der Waals surface area contributed by atoms with Crippen molar-refractivity contribution in [3.63, 3.8) is 0 Å². The minimum Gasteiger partial charge on any atom is -0.491 e. The number of benzene rings is 1. The second-order valence-electron chi connectivity index (χ2n) is 7.98. The SMILES string of the molecule is CC(C)(O)COc1ccc(-c2cc3nccnc3c(NC[C@@H]3CNCCO3)n2)cc1. The highest BCUT2D eigenvalue weighted by atomic mass is 16.5. The number of nitrogens with one attached hydrogen (secondary N) is 2. The van der Waals surface area contributed by atoms with Crippen molar-refractivity contribution in [3.8, 4) is 17.0 Å². The van der Waals surface area contributed by atoms with Crippen LogP contribution in [0.5, 0.6) is 5.75 Å². The predicted molar refractivity (Wildman–Crippen MR) is 116 cm³/mol. The number of anilines is 1. The summed E-state index contributed by atoms with van der Waals surface area (Å²) < 4.78 is 11.4. The zero-order chi connectivity index (χ0) is 21.0. The molecule has 1 fully saturated rings. The fourth-order valence-electron chi connectivity index (χ4n) is 3.19. The number of fused-ring (bicyclic) bond motifs is 1. The molecule has 0 bridgehead atoms. The highest BCUT2D eigenvalue weighted by Gasteiger charge is 2.16. The third kappa shape index (κ3) is 5.21. The number of hydrogen-bond donors (Lipinski definition) is 3. The van der Waals surface area contributed by atoms with E-state index in [0.29, 0.717) is 24.7 Å². The smallest absolute Gasteiger partial charge is 0.154 e. The number of aromatic nitrogens is 3. The quantitative estimate of drug-likeness (QED) is 0.546. The minimum atomic E-state index is -0.880. The van der Waals surface area contributed by atoms with E-state index in [1.165, 1.54) is 0 Å². The summed E-state index contributed by atoms with van der Waals surface area (Å²) in [4.78, 5) is 13.7. The second kappa shape index (κ2) is 8.91. The molecule has 1 aliphatic heterocycles. The van der Waals surface area contributed by atoms with Crippen LogP contribution < -0.4 is 15.4 Å². The maximum atomic E-state index is 9.82. The van der Waals surface area contributed by atoms with E-state index in [4.69, 9.17) is 14.5 Å². The van der Waals surface area contributed by atoms with E-state index in [2.05, 4.69) is 20.6 Å². The molecular weight excluding hydrogens is 382 g/mol. The fourth-order valence-corrected chi connectivity index (χ4v) is 3.19. The van der Waals surface area contributed by atoms with Gasteiger partial charge in [-0.15, -0.1) is 0 Å². The van der Waals surface area contributed by atoms with Gasteiger partial charge in [-0.25, -0.2) is 9.97 Å². The molecule has 1 saturated heterocycles. The molecule has 3 N–H and O–H groups in total. The normalized spacial score (nSPS) is 17.1. The highest BCUT2D eigenvalue weighted by molar-refractivity contribution is 5.88. The number of rotatable bonds is 7. The molecule has 0 unspecified atom stereocenters. The van der Waals surface area contributed by atoms with E-state index in [9.17, 15) is 5.11 Å². The fraction of sp³-hybridized carbons (Fsp3) is 0.409. The first-order chi connectivity index (χ1) is 14.5. The van der Waals surface area contributed by atoms with Gasteiger partial charge in [-0.2, -0.15) is 0 Å². The first-order valence-electron chi connectivity index (χ1n) is 10.1. The molecular formula is C22H27N5O3. The van der Waals surface area contributed by atoms with Gasteiger partial charge in [-0.1, -0.05) is 0 Å². The van der Waals surface area contributed by atoms with Gasteiger partial charge in [0.05, 0.1) is 29.5 Å². The minimum absolute atomic E-state index is 0.0862. The molecule has 0 aliphatic carbocycles. The molecule has 3 aromatic rings. The molecule has 8 nitrogen and oxygen atoms in total. The van der Waals surface area contributed by atoms with Crippen LogP contribution in [0.2, 0.25) is 0 Å². The molecule has 30 heavy (non-hydrogen) atoms. The molecule has 0 radical (unpaired) electrons. The molecule has 158 valence electrons. The maximum absolute atomic E-state index is 9.82. The van der Waals surface area contributed by atoms with Crippen LogP contribution in [0.25, 0.3) is 22.3 Å². The summed E-state index contributed by atoms with van der Waals surface area (Å²) >= 11 is 0. The zero-order valence-electron chi connectivity index (χ0n) is 17.3. The second-order valence-corrected chi connectivity index (χ2v) is 7.98. The Morgan fingerprint density at radius 3 is 2.77 bits per heavy atom. The summed E-state index contributed by atoms with van der Waals surface area (Å²) in [5, 5.41) is 16.5. The van der Waals surface area contributed by atoms with E-state index >= 15 is 0 Å². The lowest BCUT2D eigenvalue weighted by molar-refractivity contribution is 0.0285. The van der Waals surface area contributed by atoms with Gasteiger partial charge in [0.2, 0.25) is 0 Å². The van der Waals surface area contributed by atoms with E-state index in [1.807, 2.05) is 30.3 Å². The molecule has 8 heteroatoms. The predicted octanol–water partition coefficient (Wildman–Crippen LogP) is 2.24. The average molecular weight is 409 g/mol. The molecule has 0 spiro atoms. The Labute approximate surface area is 175 Å². The van der Waals surface area contributed by atoms with Crippen LogP contribution in [0, 0.1) is 0 Å². The van der Waals surface area contributed by atoms with Crippen LogP contribution >= 0.6 is 0 Å². The molecule has 0 saturated carbocycles. The standard InChI is InChI=1S/C22H27N5O3/c1-22(2,28)14-30-16-5-3-15(4-6-16)18-11-19-20(25-8-7-24-19)21(27-18)26-13-17-12-23-9-10-29-17/h3-8,11,17,23,28H,9-10,12-14H2,1-2H3,(H,26,27)/t17-/m0/s1. The third-order valence-corrected chi connectivity index (χ3v) is 4.70. The highest BCUT2D eigenvalue weighted by Crippen LogP contribution is 2.27. The lowest BCUT2D eigenvalue weighted by Gasteiger charge is -2.24. The Bertz CT molecular complexity index is 982. The lowest BCUT2D eigenvalue weighted by Crippen LogP contribution is -2.42. The summed E-state index contributed by atoms with van der Waals surface area (Å²) in [6.45, 7) is 6.69. The monoisotopic (exact) mass is 409 g/mol. The van der Waals surface area contributed by atoms with Gasteiger partial charge < -0.3 is 25.2 Å². The molecule has 4 rings (SSSR count). The first kappa shape index (κ1) is 20.5. The van der Waals surface area contributed by atoms with E-state index < -0.39 is 5.60 Å². The van der Waals surface area contributed by atoms with Crippen LogP contribution in [-0.2, 0) is 4.74 Å². The number of ether oxygens (including phenoxy) is 2. The van der Waals surface area contributed by atoms with Crippen molar-refractivity contribution in [1.29, 1.82) is 0 Å². The molecule has 1 aliphatic rings. The summed E-state index contributed by atoms with van der Waals surface area (Å²) in [6.07, 6.45) is 3.43. The average Bonchev–Trinajstić information content (AvgIpc) is 2.76. The van der Waals surface area contributed by atoms with Gasteiger partial charge >= 0.3 is 0 Å². The van der Waals surface area contributed by atoms with Crippen molar-refractivity contribution >= 4 is 16.9 Å². The van der Waals surface area contributed by atoms with Gasteiger partial charge in [-0.05, 0) is 44.2 Å². The van der Waals surface area contributed by atoms with E-state index in [0.717, 1.165) is 35.4 Å². The van der Waals surface area contributed by atoms with Crippen LogP contribution in [0.1, 0.15) is 13.8 Å². The largest absolute Gasteiger partial charge is 0.491 e. The van der Waals surface area contributed by atoms with Crippen LogP contribution in [0.4, 0.5) is 5.82 Å². The third-order valence-electron chi connectivity index (χ3n) is 4.70. The summed E-state index contributed by atoms with van der Waals surface area (Å²) in [7, 11) is 0. The van der Waals surface area contributed by atoms with Crippen molar-refractivity contribution in [3.05, 3.63) is 42.7 Å². The Kier molecular flexibility index (Phi) is 6.08. The number of aliphatic hydroxyl groups is 1. The molecule has 2 aromatic heterocycles. The molecule has 1 aromatic carbocycles. The van der Waals surface area contributed by atoms with Gasteiger partial charge in [-0.3, -0.25) is 4.98 Å². The Balaban J connectivity index is 1.56. The van der Waals surface area contributed by atoms with Crippen LogP contribution in [0.15, 0.2) is 42.7 Å². The number of hydrogen-bond acceptors (Lipinski definition) is 8. The van der Waals surface area contributed by atoms with Gasteiger partial charge in [0.25, 0.3) is 0 Å². The van der Waals surface area contributed by atoms with Crippen molar-refractivity contribution in [2.24, 2.45) is 0 Å².